The number of carbonyl (C=O) groups excluding carboxylic acids is 4. The number of carboxylic acid groups (broad SMARTS) is 1. The van der Waals surface area contributed by atoms with Crippen LogP contribution < -0.4 is 27.4 Å². The van der Waals surface area contributed by atoms with Crippen molar-refractivity contribution in [3.63, 3.8) is 0 Å². The van der Waals surface area contributed by atoms with Crippen molar-refractivity contribution < 1.29 is 29.1 Å². The van der Waals surface area contributed by atoms with Gasteiger partial charge in [-0.1, -0.05) is 20.3 Å². The van der Waals surface area contributed by atoms with E-state index in [4.69, 9.17) is 16.6 Å². The minimum Gasteiger partial charge on any atom is -0.480 e. The number of hydrogen-bond acceptors (Lipinski definition) is 6. The molecule has 0 heterocycles. The minimum atomic E-state index is -1.21. The van der Waals surface area contributed by atoms with Crippen LogP contribution in [0.25, 0.3) is 0 Å². The highest BCUT2D eigenvalue weighted by Crippen LogP contribution is 2.08. The maximum Gasteiger partial charge on any atom is 0.322 e. The van der Waals surface area contributed by atoms with Crippen LogP contribution in [-0.4, -0.2) is 59.9 Å². The summed E-state index contributed by atoms with van der Waals surface area (Å²) in [5.41, 5.74) is 10.5. The van der Waals surface area contributed by atoms with Gasteiger partial charge in [-0.25, -0.2) is 0 Å². The van der Waals surface area contributed by atoms with Gasteiger partial charge in [0, 0.05) is 0 Å². The van der Waals surface area contributed by atoms with Crippen molar-refractivity contribution in [1.82, 2.24) is 16.0 Å². The van der Waals surface area contributed by atoms with E-state index in [0.717, 1.165) is 0 Å². The van der Waals surface area contributed by atoms with Crippen molar-refractivity contribution in [1.29, 1.82) is 0 Å². The van der Waals surface area contributed by atoms with Crippen molar-refractivity contribution >= 4 is 29.6 Å². The summed E-state index contributed by atoms with van der Waals surface area (Å²) < 4.78 is 0. The number of aliphatic carboxylic acids is 1. The van der Waals surface area contributed by atoms with Crippen LogP contribution in [0.1, 0.15) is 26.7 Å². The molecule has 0 aliphatic rings. The Hall–Kier alpha value is -2.69. The summed E-state index contributed by atoms with van der Waals surface area (Å²) in [5.74, 6) is -4.26. The lowest BCUT2D eigenvalue weighted by molar-refractivity contribution is -0.138. The van der Waals surface area contributed by atoms with Gasteiger partial charge in [0.1, 0.15) is 12.6 Å². The van der Waals surface area contributed by atoms with E-state index in [-0.39, 0.29) is 12.3 Å². The summed E-state index contributed by atoms with van der Waals surface area (Å²) in [6, 6.07) is -2.15. The van der Waals surface area contributed by atoms with Gasteiger partial charge in [-0.15, -0.1) is 0 Å². The van der Waals surface area contributed by atoms with Gasteiger partial charge in [0.15, 0.2) is 0 Å². The minimum absolute atomic E-state index is 0.271. The second-order valence-corrected chi connectivity index (χ2v) is 5.54. The van der Waals surface area contributed by atoms with Crippen molar-refractivity contribution in [2.75, 3.05) is 13.1 Å². The fourth-order valence-electron chi connectivity index (χ4n) is 1.79. The third kappa shape index (κ3) is 9.25. The Balaban J connectivity index is 4.72. The number of carboxylic acids is 1. The van der Waals surface area contributed by atoms with Crippen LogP contribution in [-0.2, 0) is 24.0 Å². The lowest BCUT2D eigenvalue weighted by atomic mass is 9.97. The summed E-state index contributed by atoms with van der Waals surface area (Å²) in [4.78, 5) is 56.7. The Morgan fingerprint density at radius 3 is 2.12 bits per heavy atom. The Labute approximate surface area is 144 Å². The van der Waals surface area contributed by atoms with Crippen LogP contribution in [0.2, 0.25) is 0 Å². The fraction of sp³-hybridized carbons (Fsp3) is 0.643. The molecule has 0 saturated carbocycles. The summed E-state index contributed by atoms with van der Waals surface area (Å²) in [5, 5.41) is 15.3. The molecule has 11 heteroatoms. The molecule has 8 N–H and O–H groups in total. The molecule has 0 rings (SSSR count). The van der Waals surface area contributed by atoms with E-state index < -0.39 is 54.8 Å². The molecule has 0 saturated heterocycles. The van der Waals surface area contributed by atoms with Crippen molar-refractivity contribution in [3.05, 3.63) is 0 Å². The molecule has 0 fully saturated rings. The zero-order valence-corrected chi connectivity index (χ0v) is 14.2. The number of carbonyl (C=O) groups is 5. The fourth-order valence-corrected chi connectivity index (χ4v) is 1.79. The summed E-state index contributed by atoms with van der Waals surface area (Å²) in [6.45, 7) is 2.51. The average molecular weight is 359 g/mol. The molecular weight excluding hydrogens is 334 g/mol. The summed E-state index contributed by atoms with van der Waals surface area (Å²) in [7, 11) is 0. The predicted octanol–water partition coefficient (Wildman–Crippen LogP) is -2.96. The van der Waals surface area contributed by atoms with E-state index in [1.54, 1.807) is 13.8 Å². The molecule has 0 aromatic carbocycles. The topological polar surface area (TPSA) is 194 Å². The number of rotatable bonds is 11. The second kappa shape index (κ2) is 11.0. The second-order valence-electron chi connectivity index (χ2n) is 5.54. The molecule has 3 atom stereocenters. The SMILES string of the molecule is CCC(C)C(NC(=O)C(N)CC(N)=O)C(=O)NCC(=O)NCC(=O)O. The van der Waals surface area contributed by atoms with E-state index in [9.17, 15) is 24.0 Å². The van der Waals surface area contributed by atoms with Gasteiger partial charge in [-0.2, -0.15) is 0 Å². The van der Waals surface area contributed by atoms with E-state index >= 15 is 0 Å². The van der Waals surface area contributed by atoms with Gasteiger partial charge in [0.2, 0.25) is 23.6 Å². The number of hydrogen-bond donors (Lipinski definition) is 6. The van der Waals surface area contributed by atoms with E-state index in [2.05, 4.69) is 16.0 Å². The summed E-state index contributed by atoms with van der Waals surface area (Å²) >= 11 is 0. The third-order valence-electron chi connectivity index (χ3n) is 3.41. The van der Waals surface area contributed by atoms with E-state index in [1.807, 2.05) is 0 Å². The lowest BCUT2D eigenvalue weighted by Crippen LogP contribution is -2.55. The number of nitrogens with one attached hydrogen (secondary N) is 3. The first-order chi connectivity index (χ1) is 11.6. The highest BCUT2D eigenvalue weighted by Gasteiger charge is 2.28. The van der Waals surface area contributed by atoms with Gasteiger partial charge >= 0.3 is 5.97 Å². The Morgan fingerprint density at radius 1 is 1.04 bits per heavy atom. The lowest BCUT2D eigenvalue weighted by Gasteiger charge is -2.24. The molecule has 0 bridgehead atoms. The standard InChI is InChI=1S/C14H25N5O6/c1-3-7(2)12(19-13(24)8(15)4-9(16)20)14(25)18-5-10(21)17-6-11(22)23/h7-8,12H,3-6,15H2,1-2H3,(H2,16,20)(H,17,21)(H,18,25)(H,19,24)(H,22,23). The number of nitrogens with two attached hydrogens (primary N) is 2. The zero-order chi connectivity index (χ0) is 19.6. The Bertz CT molecular complexity index is 524. The Kier molecular flexibility index (Phi) is 9.79. The van der Waals surface area contributed by atoms with Gasteiger partial charge in [0.05, 0.1) is 19.0 Å². The van der Waals surface area contributed by atoms with Gasteiger partial charge in [-0.05, 0) is 5.92 Å². The predicted molar refractivity (Wildman–Crippen MR) is 86.8 cm³/mol. The highest BCUT2D eigenvalue weighted by molar-refractivity contribution is 5.93. The smallest absolute Gasteiger partial charge is 0.322 e. The van der Waals surface area contributed by atoms with Crippen molar-refractivity contribution in [3.8, 4) is 0 Å². The molecule has 0 radical (unpaired) electrons. The molecule has 0 spiro atoms. The monoisotopic (exact) mass is 359 g/mol. The van der Waals surface area contributed by atoms with Crippen LogP contribution in [0.5, 0.6) is 0 Å². The highest BCUT2D eigenvalue weighted by atomic mass is 16.4. The van der Waals surface area contributed by atoms with Crippen LogP contribution in [0.15, 0.2) is 0 Å². The van der Waals surface area contributed by atoms with Crippen LogP contribution in [0, 0.1) is 5.92 Å². The molecule has 0 aromatic heterocycles. The van der Waals surface area contributed by atoms with Crippen LogP contribution in [0.4, 0.5) is 0 Å². The number of primary amides is 1. The van der Waals surface area contributed by atoms with Crippen LogP contribution in [0.3, 0.4) is 0 Å². The molecule has 0 aliphatic heterocycles. The van der Waals surface area contributed by atoms with Crippen molar-refractivity contribution in [2.24, 2.45) is 17.4 Å². The maximum atomic E-state index is 12.2. The Morgan fingerprint density at radius 2 is 1.64 bits per heavy atom. The molecule has 0 aliphatic carbocycles. The normalized spacial score (nSPS) is 13.9. The van der Waals surface area contributed by atoms with Crippen molar-refractivity contribution in [2.45, 2.75) is 38.8 Å². The number of amides is 4. The largest absolute Gasteiger partial charge is 0.480 e. The first-order valence-electron chi connectivity index (χ1n) is 7.68. The molecule has 142 valence electrons. The summed E-state index contributed by atoms with van der Waals surface area (Å²) in [6.07, 6.45) is 0.187. The molecule has 25 heavy (non-hydrogen) atoms. The average Bonchev–Trinajstić information content (AvgIpc) is 2.53. The molecule has 0 aromatic rings. The van der Waals surface area contributed by atoms with Crippen LogP contribution >= 0.6 is 0 Å². The molecule has 11 nitrogen and oxygen atoms in total. The molecule has 3 unspecified atom stereocenters. The quantitative estimate of drug-likeness (QED) is 0.227. The van der Waals surface area contributed by atoms with E-state index in [1.165, 1.54) is 0 Å². The third-order valence-corrected chi connectivity index (χ3v) is 3.41. The van der Waals surface area contributed by atoms with E-state index in [0.29, 0.717) is 6.42 Å². The first-order valence-corrected chi connectivity index (χ1v) is 7.68. The first kappa shape index (κ1) is 22.3. The van der Waals surface area contributed by atoms with Gasteiger partial charge in [-0.3, -0.25) is 24.0 Å². The van der Waals surface area contributed by atoms with Gasteiger partial charge in [0.25, 0.3) is 0 Å². The maximum absolute atomic E-state index is 12.2. The zero-order valence-electron chi connectivity index (χ0n) is 14.2. The molecular formula is C14H25N5O6. The molecule has 4 amide bonds. The van der Waals surface area contributed by atoms with Gasteiger partial charge < -0.3 is 32.5 Å².